The standard InChI is InChI=1S/C12H14FNO4/c1-12(2,3)18-11(17)14-10-8(13)4-7(6-15)5-9(10)16/h4-6,16H,1-3H3,(H,14,17). The molecule has 1 aromatic rings. The molecule has 0 spiro atoms. The van der Waals surface area contributed by atoms with E-state index in [4.69, 9.17) is 4.74 Å². The van der Waals surface area contributed by atoms with E-state index in [9.17, 15) is 19.1 Å². The molecule has 2 N–H and O–H groups in total. The van der Waals surface area contributed by atoms with Gasteiger partial charge in [-0.05, 0) is 32.9 Å². The smallest absolute Gasteiger partial charge is 0.412 e. The zero-order valence-electron chi connectivity index (χ0n) is 10.3. The average Bonchev–Trinajstić information content (AvgIpc) is 2.20. The number of amides is 1. The van der Waals surface area contributed by atoms with E-state index in [1.165, 1.54) is 0 Å². The third kappa shape index (κ3) is 3.73. The number of phenols is 1. The van der Waals surface area contributed by atoms with Crippen LogP contribution in [0.15, 0.2) is 12.1 Å². The van der Waals surface area contributed by atoms with Crippen LogP contribution in [0.4, 0.5) is 14.9 Å². The number of ether oxygens (including phenoxy) is 1. The second-order valence-corrected chi connectivity index (χ2v) is 4.64. The highest BCUT2D eigenvalue weighted by molar-refractivity contribution is 5.88. The predicted octanol–water partition coefficient (Wildman–Crippen LogP) is 2.69. The number of phenolic OH excluding ortho intramolecular Hbond substituents is 1. The summed E-state index contributed by atoms with van der Waals surface area (Å²) >= 11 is 0. The lowest BCUT2D eigenvalue weighted by molar-refractivity contribution is 0.0634. The fourth-order valence-electron chi connectivity index (χ4n) is 1.21. The minimum atomic E-state index is -0.914. The Bertz CT molecular complexity index is 456. The molecule has 6 heteroatoms. The molecule has 0 saturated carbocycles. The van der Waals surface area contributed by atoms with Crippen molar-refractivity contribution in [2.24, 2.45) is 0 Å². The number of hydrogen-bond acceptors (Lipinski definition) is 4. The molecule has 0 aliphatic rings. The number of anilines is 1. The summed E-state index contributed by atoms with van der Waals surface area (Å²) in [6.45, 7) is 4.95. The van der Waals surface area contributed by atoms with E-state index in [2.05, 4.69) is 5.32 Å². The highest BCUT2D eigenvalue weighted by Gasteiger charge is 2.19. The van der Waals surface area contributed by atoms with Crippen LogP contribution in [0.1, 0.15) is 31.1 Å². The molecule has 0 saturated heterocycles. The largest absolute Gasteiger partial charge is 0.506 e. The average molecular weight is 255 g/mol. The van der Waals surface area contributed by atoms with E-state index < -0.39 is 28.9 Å². The summed E-state index contributed by atoms with van der Waals surface area (Å²) < 4.78 is 18.4. The fourth-order valence-corrected chi connectivity index (χ4v) is 1.21. The molecule has 0 bridgehead atoms. The fraction of sp³-hybridized carbons (Fsp3) is 0.333. The van der Waals surface area contributed by atoms with Gasteiger partial charge >= 0.3 is 6.09 Å². The molecular formula is C12H14FNO4. The Morgan fingerprint density at radius 1 is 1.44 bits per heavy atom. The number of carbonyl (C=O) groups is 2. The molecule has 0 heterocycles. The molecule has 0 unspecified atom stereocenters. The molecule has 1 amide bonds. The van der Waals surface area contributed by atoms with Crippen molar-refractivity contribution in [2.45, 2.75) is 26.4 Å². The molecule has 0 atom stereocenters. The predicted molar refractivity (Wildman–Crippen MR) is 63.3 cm³/mol. The maximum atomic E-state index is 13.5. The van der Waals surface area contributed by atoms with Crippen LogP contribution < -0.4 is 5.32 Å². The first-order valence-electron chi connectivity index (χ1n) is 5.20. The first-order chi connectivity index (χ1) is 8.23. The Balaban J connectivity index is 2.92. The number of hydrogen-bond donors (Lipinski definition) is 2. The number of benzene rings is 1. The van der Waals surface area contributed by atoms with Gasteiger partial charge in [0.05, 0.1) is 0 Å². The van der Waals surface area contributed by atoms with Crippen molar-refractivity contribution in [3.63, 3.8) is 0 Å². The van der Waals surface area contributed by atoms with Crippen LogP contribution in [0.25, 0.3) is 0 Å². The van der Waals surface area contributed by atoms with Gasteiger partial charge in [-0.3, -0.25) is 10.1 Å². The van der Waals surface area contributed by atoms with Crippen molar-refractivity contribution in [2.75, 3.05) is 5.32 Å². The first kappa shape index (κ1) is 14.0. The number of aldehydes is 1. The SMILES string of the molecule is CC(C)(C)OC(=O)Nc1c(O)cc(C=O)cc1F. The lowest BCUT2D eigenvalue weighted by atomic mass is 10.2. The minimum Gasteiger partial charge on any atom is -0.506 e. The van der Waals surface area contributed by atoms with Crippen molar-refractivity contribution in [1.29, 1.82) is 0 Å². The van der Waals surface area contributed by atoms with Gasteiger partial charge in [-0.2, -0.15) is 0 Å². The Labute approximate surface area is 104 Å². The zero-order chi connectivity index (χ0) is 13.9. The zero-order valence-corrected chi connectivity index (χ0v) is 10.3. The summed E-state index contributed by atoms with van der Waals surface area (Å²) in [4.78, 5) is 21.8. The van der Waals surface area contributed by atoms with Crippen molar-refractivity contribution in [3.05, 3.63) is 23.5 Å². The summed E-state index contributed by atoms with van der Waals surface area (Å²) in [5, 5.41) is 11.6. The maximum Gasteiger partial charge on any atom is 0.412 e. The summed E-state index contributed by atoms with van der Waals surface area (Å²) in [5.74, 6) is -1.45. The summed E-state index contributed by atoms with van der Waals surface area (Å²) in [7, 11) is 0. The van der Waals surface area contributed by atoms with Crippen molar-refractivity contribution < 1.29 is 23.8 Å². The molecular weight excluding hydrogens is 241 g/mol. The van der Waals surface area contributed by atoms with Gasteiger partial charge in [-0.15, -0.1) is 0 Å². The van der Waals surface area contributed by atoms with Crippen LogP contribution in [-0.4, -0.2) is 23.1 Å². The van der Waals surface area contributed by atoms with E-state index in [-0.39, 0.29) is 5.56 Å². The van der Waals surface area contributed by atoms with Crippen LogP contribution >= 0.6 is 0 Å². The Morgan fingerprint density at radius 3 is 2.50 bits per heavy atom. The second kappa shape index (κ2) is 5.03. The van der Waals surface area contributed by atoms with Gasteiger partial charge in [0.2, 0.25) is 0 Å². The minimum absolute atomic E-state index is 0.0280. The van der Waals surface area contributed by atoms with E-state index in [0.29, 0.717) is 6.29 Å². The molecule has 98 valence electrons. The van der Waals surface area contributed by atoms with Crippen molar-refractivity contribution >= 4 is 18.1 Å². The summed E-state index contributed by atoms with van der Waals surface area (Å²) in [6, 6.07) is 1.95. The van der Waals surface area contributed by atoms with Gasteiger partial charge in [0.1, 0.15) is 23.3 Å². The molecule has 0 aliphatic carbocycles. The van der Waals surface area contributed by atoms with E-state index in [1.54, 1.807) is 20.8 Å². The van der Waals surface area contributed by atoms with Gasteiger partial charge in [0, 0.05) is 5.56 Å². The lowest BCUT2D eigenvalue weighted by Crippen LogP contribution is -2.27. The molecule has 0 radical (unpaired) electrons. The maximum absolute atomic E-state index is 13.5. The first-order valence-corrected chi connectivity index (χ1v) is 5.20. The van der Waals surface area contributed by atoms with Gasteiger partial charge in [-0.25, -0.2) is 9.18 Å². The summed E-state index contributed by atoms with van der Waals surface area (Å²) in [6.07, 6.45) is -0.504. The quantitative estimate of drug-likeness (QED) is 0.629. The van der Waals surface area contributed by atoms with Gasteiger partial charge < -0.3 is 9.84 Å². The number of aromatic hydroxyl groups is 1. The highest BCUT2D eigenvalue weighted by atomic mass is 19.1. The van der Waals surface area contributed by atoms with Crippen molar-refractivity contribution in [1.82, 2.24) is 0 Å². The number of halogens is 1. The monoisotopic (exact) mass is 255 g/mol. The van der Waals surface area contributed by atoms with Crippen LogP contribution in [-0.2, 0) is 4.74 Å². The van der Waals surface area contributed by atoms with E-state index >= 15 is 0 Å². The topological polar surface area (TPSA) is 75.6 Å². The summed E-state index contributed by atoms with van der Waals surface area (Å²) in [5.41, 5.74) is -1.19. The van der Waals surface area contributed by atoms with Crippen LogP contribution in [0, 0.1) is 5.82 Å². The third-order valence-electron chi connectivity index (χ3n) is 1.85. The molecule has 1 rings (SSSR count). The molecule has 5 nitrogen and oxygen atoms in total. The molecule has 1 aromatic carbocycles. The Kier molecular flexibility index (Phi) is 3.90. The van der Waals surface area contributed by atoms with E-state index in [1.807, 2.05) is 0 Å². The lowest BCUT2D eigenvalue weighted by Gasteiger charge is -2.20. The normalized spacial score (nSPS) is 10.9. The van der Waals surface area contributed by atoms with Crippen LogP contribution in [0.2, 0.25) is 0 Å². The number of carbonyl (C=O) groups excluding carboxylic acids is 2. The molecule has 0 fully saturated rings. The second-order valence-electron chi connectivity index (χ2n) is 4.64. The Morgan fingerprint density at radius 2 is 2.06 bits per heavy atom. The van der Waals surface area contributed by atoms with Gasteiger partial charge in [0.15, 0.2) is 5.82 Å². The van der Waals surface area contributed by atoms with Crippen LogP contribution in [0.5, 0.6) is 5.75 Å². The molecule has 0 aromatic heterocycles. The van der Waals surface area contributed by atoms with Crippen LogP contribution in [0.3, 0.4) is 0 Å². The number of rotatable bonds is 2. The van der Waals surface area contributed by atoms with Gasteiger partial charge in [0.25, 0.3) is 0 Å². The Hall–Kier alpha value is -2.11. The number of nitrogens with one attached hydrogen (secondary N) is 1. The molecule has 18 heavy (non-hydrogen) atoms. The van der Waals surface area contributed by atoms with Crippen molar-refractivity contribution in [3.8, 4) is 5.75 Å². The molecule has 0 aliphatic heterocycles. The highest BCUT2D eigenvalue weighted by Crippen LogP contribution is 2.28. The third-order valence-corrected chi connectivity index (χ3v) is 1.85. The van der Waals surface area contributed by atoms with E-state index in [0.717, 1.165) is 12.1 Å². The van der Waals surface area contributed by atoms with Gasteiger partial charge in [-0.1, -0.05) is 0 Å².